The van der Waals surface area contributed by atoms with Crippen molar-refractivity contribution in [1.29, 1.82) is 0 Å². The molecule has 0 fully saturated rings. The highest BCUT2D eigenvalue weighted by atomic mass is 79.9. The molecule has 0 aromatic carbocycles. The fourth-order valence-corrected chi connectivity index (χ4v) is 4.49. The lowest BCUT2D eigenvalue weighted by atomic mass is 9.81. The van der Waals surface area contributed by atoms with Gasteiger partial charge in [0, 0.05) is 17.8 Å². The van der Waals surface area contributed by atoms with Crippen LogP contribution in [0.3, 0.4) is 0 Å². The number of nitrogens with zero attached hydrogens (tertiary/aromatic N) is 3. The minimum atomic E-state index is 0.0306. The van der Waals surface area contributed by atoms with Crippen LogP contribution < -0.4 is 11.3 Å². The van der Waals surface area contributed by atoms with E-state index in [-0.39, 0.29) is 6.04 Å². The Morgan fingerprint density at radius 3 is 3.16 bits per heavy atom. The fourth-order valence-electron chi connectivity index (χ4n) is 2.92. The van der Waals surface area contributed by atoms with Gasteiger partial charge in [0.05, 0.1) is 11.7 Å². The van der Waals surface area contributed by atoms with Gasteiger partial charge in [-0.1, -0.05) is 5.21 Å². The maximum atomic E-state index is 5.82. The van der Waals surface area contributed by atoms with Crippen molar-refractivity contribution in [3.63, 3.8) is 0 Å². The maximum absolute atomic E-state index is 5.82. The molecule has 5 nitrogen and oxygen atoms in total. The standard InChI is InChI=1S/C12H16BrN5S/c1-18-11(12(13)16-17-18)10(15-14)8-3-2-4-9-7(8)5-6-19-9/h5-6,8,10,15H,2-4,14H2,1H3. The second-order valence-electron chi connectivity index (χ2n) is 4.83. The highest BCUT2D eigenvalue weighted by Gasteiger charge is 2.32. The molecule has 2 heterocycles. The largest absolute Gasteiger partial charge is 0.271 e. The summed E-state index contributed by atoms with van der Waals surface area (Å²) in [6.45, 7) is 0. The number of hydrogen-bond donors (Lipinski definition) is 2. The molecule has 0 amide bonds. The fraction of sp³-hybridized carbons (Fsp3) is 0.500. The number of aryl methyl sites for hydroxylation is 2. The zero-order valence-electron chi connectivity index (χ0n) is 10.6. The molecule has 2 unspecified atom stereocenters. The van der Waals surface area contributed by atoms with Crippen LogP contribution in [0.15, 0.2) is 16.0 Å². The topological polar surface area (TPSA) is 68.8 Å². The first kappa shape index (κ1) is 13.2. The van der Waals surface area contributed by atoms with E-state index in [9.17, 15) is 0 Å². The molecule has 0 radical (unpaired) electrons. The van der Waals surface area contributed by atoms with Crippen molar-refractivity contribution in [1.82, 2.24) is 20.4 Å². The molecule has 0 saturated carbocycles. The van der Waals surface area contributed by atoms with Crippen molar-refractivity contribution in [3.05, 3.63) is 32.2 Å². The summed E-state index contributed by atoms with van der Waals surface area (Å²) in [5.41, 5.74) is 5.39. The Morgan fingerprint density at radius 2 is 2.47 bits per heavy atom. The summed E-state index contributed by atoms with van der Waals surface area (Å²) < 4.78 is 2.55. The van der Waals surface area contributed by atoms with Crippen LogP contribution in [0.2, 0.25) is 0 Å². The molecular weight excluding hydrogens is 326 g/mol. The Bertz CT molecular complexity index is 559. The summed E-state index contributed by atoms with van der Waals surface area (Å²) in [6, 6.07) is 2.26. The van der Waals surface area contributed by atoms with Gasteiger partial charge in [-0.15, -0.1) is 16.4 Å². The Hall–Kier alpha value is -0.760. The van der Waals surface area contributed by atoms with Crippen LogP contribution in [0.25, 0.3) is 0 Å². The maximum Gasteiger partial charge on any atom is 0.153 e. The number of halogens is 1. The molecule has 1 aliphatic rings. The number of rotatable bonds is 3. The normalized spacial score (nSPS) is 20.3. The van der Waals surface area contributed by atoms with Crippen molar-refractivity contribution >= 4 is 27.3 Å². The first-order valence-electron chi connectivity index (χ1n) is 6.30. The summed E-state index contributed by atoms with van der Waals surface area (Å²) in [5, 5.41) is 10.3. The summed E-state index contributed by atoms with van der Waals surface area (Å²) in [6.07, 6.45) is 3.53. The lowest BCUT2D eigenvalue weighted by Gasteiger charge is -2.30. The predicted octanol–water partition coefficient (Wildman–Crippen LogP) is 2.26. The van der Waals surface area contributed by atoms with Crippen LogP contribution in [0.5, 0.6) is 0 Å². The van der Waals surface area contributed by atoms with Gasteiger partial charge < -0.3 is 0 Å². The van der Waals surface area contributed by atoms with Gasteiger partial charge in [0.1, 0.15) is 0 Å². The molecule has 102 valence electrons. The number of nitrogens with one attached hydrogen (secondary N) is 1. The highest BCUT2D eigenvalue weighted by Crippen LogP contribution is 2.42. The third-order valence-electron chi connectivity index (χ3n) is 3.80. The van der Waals surface area contributed by atoms with E-state index in [1.165, 1.54) is 23.3 Å². The average Bonchev–Trinajstić information content (AvgIpc) is 3.01. The molecule has 0 aliphatic heterocycles. The smallest absolute Gasteiger partial charge is 0.153 e. The van der Waals surface area contributed by atoms with Gasteiger partial charge in [-0.3, -0.25) is 11.3 Å². The third kappa shape index (κ3) is 2.24. The van der Waals surface area contributed by atoms with E-state index in [2.05, 4.69) is 43.1 Å². The van der Waals surface area contributed by atoms with E-state index < -0.39 is 0 Å². The van der Waals surface area contributed by atoms with Crippen molar-refractivity contribution in [2.75, 3.05) is 0 Å². The number of thiophene rings is 1. The van der Waals surface area contributed by atoms with Gasteiger partial charge in [0.2, 0.25) is 0 Å². The van der Waals surface area contributed by atoms with Crippen molar-refractivity contribution in [2.24, 2.45) is 12.9 Å². The Kier molecular flexibility index (Phi) is 3.70. The van der Waals surface area contributed by atoms with Crippen molar-refractivity contribution < 1.29 is 0 Å². The van der Waals surface area contributed by atoms with E-state index >= 15 is 0 Å². The minimum Gasteiger partial charge on any atom is -0.271 e. The van der Waals surface area contributed by atoms with Crippen LogP contribution in [0, 0.1) is 0 Å². The third-order valence-corrected chi connectivity index (χ3v) is 5.36. The number of hydrazine groups is 1. The van der Waals surface area contributed by atoms with Gasteiger partial charge in [0.15, 0.2) is 4.60 Å². The number of hydrogen-bond acceptors (Lipinski definition) is 5. The molecule has 0 bridgehead atoms. The first-order valence-corrected chi connectivity index (χ1v) is 7.97. The SMILES string of the molecule is Cn1nnc(Br)c1C(NN)C1CCCc2sccc21. The monoisotopic (exact) mass is 341 g/mol. The van der Waals surface area contributed by atoms with Crippen LogP contribution in [0.4, 0.5) is 0 Å². The summed E-state index contributed by atoms with van der Waals surface area (Å²) in [7, 11) is 1.90. The minimum absolute atomic E-state index is 0.0306. The van der Waals surface area contributed by atoms with E-state index in [0.717, 1.165) is 16.7 Å². The van der Waals surface area contributed by atoms with Crippen LogP contribution in [0.1, 0.15) is 40.9 Å². The molecule has 0 spiro atoms. The second kappa shape index (κ2) is 5.32. The molecule has 3 rings (SSSR count). The van der Waals surface area contributed by atoms with E-state index in [1.54, 1.807) is 4.68 Å². The van der Waals surface area contributed by atoms with E-state index in [0.29, 0.717) is 5.92 Å². The lowest BCUT2D eigenvalue weighted by molar-refractivity contribution is 0.390. The zero-order valence-corrected chi connectivity index (χ0v) is 13.0. The second-order valence-corrected chi connectivity index (χ2v) is 6.58. The van der Waals surface area contributed by atoms with Crippen molar-refractivity contribution in [2.45, 2.75) is 31.2 Å². The molecule has 1 aliphatic carbocycles. The van der Waals surface area contributed by atoms with Gasteiger partial charge in [-0.25, -0.2) is 4.68 Å². The number of aromatic nitrogens is 3. The highest BCUT2D eigenvalue weighted by molar-refractivity contribution is 9.10. The van der Waals surface area contributed by atoms with Gasteiger partial charge >= 0.3 is 0 Å². The van der Waals surface area contributed by atoms with E-state index in [1.807, 2.05) is 18.4 Å². The van der Waals surface area contributed by atoms with Gasteiger partial charge in [-0.05, 0) is 52.2 Å². The summed E-state index contributed by atoms with van der Waals surface area (Å²) >= 11 is 5.31. The molecule has 0 saturated heterocycles. The molecule has 3 N–H and O–H groups in total. The Labute approximate surface area is 124 Å². The Balaban J connectivity index is 2.01. The van der Waals surface area contributed by atoms with Crippen molar-refractivity contribution in [3.8, 4) is 0 Å². The van der Waals surface area contributed by atoms with Crippen LogP contribution in [-0.2, 0) is 13.5 Å². The summed E-state index contributed by atoms with van der Waals surface area (Å²) in [5.74, 6) is 6.21. The molecule has 7 heteroatoms. The first-order chi connectivity index (χ1) is 9.22. The van der Waals surface area contributed by atoms with Gasteiger partial charge in [-0.2, -0.15) is 0 Å². The quantitative estimate of drug-likeness (QED) is 0.663. The summed E-state index contributed by atoms with van der Waals surface area (Å²) in [4.78, 5) is 1.49. The predicted molar refractivity (Wildman–Crippen MR) is 78.8 cm³/mol. The molecule has 19 heavy (non-hydrogen) atoms. The number of nitrogens with two attached hydrogens (primary N) is 1. The molecule has 2 aromatic heterocycles. The number of fused-ring (bicyclic) bond motifs is 1. The van der Waals surface area contributed by atoms with Crippen LogP contribution in [-0.4, -0.2) is 15.0 Å². The van der Waals surface area contributed by atoms with Crippen LogP contribution >= 0.6 is 27.3 Å². The van der Waals surface area contributed by atoms with Gasteiger partial charge in [0.25, 0.3) is 0 Å². The lowest BCUT2D eigenvalue weighted by Crippen LogP contribution is -2.35. The Morgan fingerprint density at radius 1 is 1.63 bits per heavy atom. The molecule has 2 aromatic rings. The molecule has 2 atom stereocenters. The zero-order chi connectivity index (χ0) is 13.4. The average molecular weight is 342 g/mol. The van der Waals surface area contributed by atoms with E-state index in [4.69, 9.17) is 5.84 Å². The molecular formula is C12H16BrN5S.